The molecule has 0 N–H and O–H groups in total. The summed E-state index contributed by atoms with van der Waals surface area (Å²) in [4.78, 5) is 14.0. The molecule has 132 valence electrons. The van der Waals surface area contributed by atoms with E-state index < -0.39 is 20.5 Å². The molecule has 0 aromatic heterocycles. The Morgan fingerprint density at radius 2 is 1.68 bits per heavy atom. The summed E-state index contributed by atoms with van der Waals surface area (Å²) in [6, 6.07) is 14.3. The van der Waals surface area contributed by atoms with Crippen LogP contribution >= 0.6 is 0 Å². The maximum Gasteiger partial charge on any atom is 0.341 e. The highest BCUT2D eigenvalue weighted by atomic mass is 32.2. The van der Waals surface area contributed by atoms with Crippen LogP contribution in [0.2, 0.25) is 0 Å². The number of carbonyl (C=O) groups excluding carboxylic acids is 1. The second kappa shape index (κ2) is 6.92. The van der Waals surface area contributed by atoms with Crippen LogP contribution < -0.4 is 0 Å². The minimum Gasteiger partial charge on any atom is -0.332 e. The standard InChI is InChI=1S/C18H17F2NO3S/c19-18(20)25(23,24)15-10-8-14(9-11-15)17(22)21-12-4-7-16(21)13-5-2-1-3-6-13/h1-3,5-6,8-11,16,18H,4,7,12H2/t16-/m0/s1. The molecule has 25 heavy (non-hydrogen) atoms. The van der Waals surface area contributed by atoms with E-state index in [2.05, 4.69) is 0 Å². The Kier molecular flexibility index (Phi) is 4.85. The van der Waals surface area contributed by atoms with E-state index in [1.807, 2.05) is 30.3 Å². The molecule has 4 nitrogen and oxygen atoms in total. The Morgan fingerprint density at radius 3 is 2.28 bits per heavy atom. The largest absolute Gasteiger partial charge is 0.341 e. The van der Waals surface area contributed by atoms with Crippen LogP contribution in [0, 0.1) is 0 Å². The molecule has 0 bridgehead atoms. The third kappa shape index (κ3) is 3.42. The van der Waals surface area contributed by atoms with E-state index in [1.165, 1.54) is 12.1 Å². The summed E-state index contributed by atoms with van der Waals surface area (Å²) in [7, 11) is -4.65. The number of sulfone groups is 1. The van der Waals surface area contributed by atoms with Crippen LogP contribution in [-0.2, 0) is 9.84 Å². The highest BCUT2D eigenvalue weighted by Crippen LogP contribution is 2.33. The summed E-state index contributed by atoms with van der Waals surface area (Å²) in [5.74, 6) is -3.71. The third-order valence-electron chi connectivity index (χ3n) is 4.36. The van der Waals surface area contributed by atoms with Gasteiger partial charge in [0.2, 0.25) is 9.84 Å². The van der Waals surface area contributed by atoms with Crippen molar-refractivity contribution in [3.63, 3.8) is 0 Å². The Labute approximate surface area is 145 Å². The predicted octanol–water partition coefficient (Wildman–Crippen LogP) is 3.66. The molecule has 1 saturated heterocycles. The van der Waals surface area contributed by atoms with Crippen molar-refractivity contribution in [2.45, 2.75) is 29.5 Å². The van der Waals surface area contributed by atoms with E-state index in [4.69, 9.17) is 0 Å². The van der Waals surface area contributed by atoms with E-state index in [0.29, 0.717) is 6.54 Å². The molecule has 1 heterocycles. The van der Waals surface area contributed by atoms with Gasteiger partial charge in [-0.3, -0.25) is 4.79 Å². The minimum atomic E-state index is -4.65. The predicted molar refractivity (Wildman–Crippen MR) is 89.1 cm³/mol. The molecule has 7 heteroatoms. The zero-order valence-electron chi connectivity index (χ0n) is 13.3. The number of amides is 1. The second-order valence-corrected chi connectivity index (χ2v) is 7.82. The van der Waals surface area contributed by atoms with Gasteiger partial charge >= 0.3 is 5.76 Å². The number of nitrogens with zero attached hydrogens (tertiary/aromatic N) is 1. The van der Waals surface area contributed by atoms with Crippen LogP contribution in [0.1, 0.15) is 34.8 Å². The maximum absolute atomic E-state index is 12.8. The smallest absolute Gasteiger partial charge is 0.332 e. The van der Waals surface area contributed by atoms with Gasteiger partial charge in [0, 0.05) is 12.1 Å². The normalized spacial score (nSPS) is 17.9. The maximum atomic E-state index is 12.8. The van der Waals surface area contributed by atoms with Gasteiger partial charge in [0.05, 0.1) is 10.9 Å². The lowest BCUT2D eigenvalue weighted by Crippen LogP contribution is -2.30. The topological polar surface area (TPSA) is 54.5 Å². The van der Waals surface area contributed by atoms with Gasteiger partial charge in [0.15, 0.2) is 0 Å². The number of rotatable bonds is 4. The van der Waals surface area contributed by atoms with Crippen molar-refractivity contribution in [2.75, 3.05) is 6.54 Å². The summed E-state index contributed by atoms with van der Waals surface area (Å²) < 4.78 is 48.1. The van der Waals surface area contributed by atoms with Gasteiger partial charge in [-0.1, -0.05) is 30.3 Å². The van der Waals surface area contributed by atoms with Crippen molar-refractivity contribution >= 4 is 15.7 Å². The summed E-state index contributed by atoms with van der Waals surface area (Å²) in [5, 5.41) is 0. The molecule has 1 amide bonds. The lowest BCUT2D eigenvalue weighted by atomic mass is 10.0. The molecule has 0 unspecified atom stereocenters. The molecule has 0 spiro atoms. The molecule has 2 aromatic carbocycles. The average molecular weight is 365 g/mol. The SMILES string of the molecule is O=C(c1ccc(S(=O)(=O)C(F)F)cc1)N1CCC[C@H]1c1ccccc1. The zero-order valence-corrected chi connectivity index (χ0v) is 14.1. The van der Waals surface area contributed by atoms with Gasteiger partial charge in [-0.05, 0) is 42.7 Å². The van der Waals surface area contributed by atoms with Crippen LogP contribution in [-0.4, -0.2) is 31.5 Å². The first-order valence-electron chi connectivity index (χ1n) is 7.89. The van der Waals surface area contributed by atoms with Crippen LogP contribution in [0.15, 0.2) is 59.5 Å². The van der Waals surface area contributed by atoms with E-state index >= 15 is 0 Å². The molecule has 1 fully saturated rings. The van der Waals surface area contributed by atoms with E-state index in [9.17, 15) is 22.0 Å². The fourth-order valence-corrected chi connectivity index (χ4v) is 3.81. The van der Waals surface area contributed by atoms with Crippen molar-refractivity contribution in [3.8, 4) is 0 Å². The fraction of sp³-hybridized carbons (Fsp3) is 0.278. The number of likely N-dealkylation sites (tertiary alicyclic amines) is 1. The van der Waals surface area contributed by atoms with Crippen molar-refractivity contribution in [2.24, 2.45) is 0 Å². The van der Waals surface area contributed by atoms with Crippen LogP contribution in [0.3, 0.4) is 0 Å². The Morgan fingerprint density at radius 1 is 1.04 bits per heavy atom. The summed E-state index contributed by atoms with van der Waals surface area (Å²) in [6.45, 7) is 0.607. The van der Waals surface area contributed by atoms with E-state index in [1.54, 1.807) is 4.90 Å². The molecule has 0 saturated carbocycles. The minimum absolute atomic E-state index is 0.0295. The summed E-state index contributed by atoms with van der Waals surface area (Å²) in [6.07, 6.45) is 1.73. The van der Waals surface area contributed by atoms with Crippen molar-refractivity contribution in [3.05, 3.63) is 65.7 Å². The number of hydrogen-bond acceptors (Lipinski definition) is 3. The van der Waals surface area contributed by atoms with Crippen LogP contribution in [0.5, 0.6) is 0 Å². The van der Waals surface area contributed by atoms with Gasteiger partial charge in [-0.15, -0.1) is 0 Å². The molecule has 0 radical (unpaired) electrons. The van der Waals surface area contributed by atoms with E-state index in [-0.39, 0.29) is 17.5 Å². The molecule has 1 aliphatic heterocycles. The molecule has 0 aliphatic carbocycles. The summed E-state index contributed by atoms with van der Waals surface area (Å²) in [5.41, 5.74) is 1.33. The Bertz CT molecular complexity index is 852. The molecular weight excluding hydrogens is 348 g/mol. The van der Waals surface area contributed by atoms with Crippen LogP contribution in [0.4, 0.5) is 8.78 Å². The Balaban J connectivity index is 1.83. The highest BCUT2D eigenvalue weighted by molar-refractivity contribution is 7.91. The fourth-order valence-electron chi connectivity index (χ4n) is 3.09. The van der Waals surface area contributed by atoms with Gasteiger partial charge in [-0.2, -0.15) is 8.78 Å². The number of alkyl halides is 2. The molecular formula is C18H17F2NO3S. The lowest BCUT2D eigenvalue weighted by molar-refractivity contribution is 0.0735. The third-order valence-corrected chi connectivity index (χ3v) is 5.76. The van der Waals surface area contributed by atoms with Crippen molar-refractivity contribution < 1.29 is 22.0 Å². The zero-order chi connectivity index (χ0) is 18.0. The number of carbonyl (C=O) groups is 1. The summed E-state index contributed by atoms with van der Waals surface area (Å²) >= 11 is 0. The first-order valence-corrected chi connectivity index (χ1v) is 9.44. The number of benzene rings is 2. The van der Waals surface area contributed by atoms with Gasteiger partial charge in [0.25, 0.3) is 5.91 Å². The van der Waals surface area contributed by atoms with Crippen LogP contribution in [0.25, 0.3) is 0 Å². The Hall–Kier alpha value is -2.28. The number of halogens is 2. The van der Waals surface area contributed by atoms with E-state index in [0.717, 1.165) is 30.5 Å². The van der Waals surface area contributed by atoms with Crippen molar-refractivity contribution in [1.82, 2.24) is 4.90 Å². The molecule has 2 aromatic rings. The molecule has 3 rings (SSSR count). The lowest BCUT2D eigenvalue weighted by Gasteiger charge is -2.25. The first kappa shape index (κ1) is 17.5. The quantitative estimate of drug-likeness (QED) is 0.831. The van der Waals surface area contributed by atoms with Gasteiger partial charge in [0.1, 0.15) is 0 Å². The number of hydrogen-bond donors (Lipinski definition) is 0. The average Bonchev–Trinajstić information content (AvgIpc) is 3.11. The highest BCUT2D eigenvalue weighted by Gasteiger charge is 2.31. The van der Waals surface area contributed by atoms with Gasteiger partial charge < -0.3 is 4.90 Å². The molecule has 1 aliphatic rings. The van der Waals surface area contributed by atoms with Crippen molar-refractivity contribution in [1.29, 1.82) is 0 Å². The van der Waals surface area contributed by atoms with Gasteiger partial charge in [-0.25, -0.2) is 8.42 Å². The first-order chi connectivity index (χ1) is 11.9. The molecule has 1 atom stereocenters. The monoisotopic (exact) mass is 365 g/mol. The second-order valence-electron chi connectivity index (χ2n) is 5.90.